The summed E-state index contributed by atoms with van der Waals surface area (Å²) in [6.07, 6.45) is 0. The van der Waals surface area contributed by atoms with E-state index in [1.54, 1.807) is 12.1 Å². The molecule has 0 spiro atoms. The van der Waals surface area contributed by atoms with Crippen LogP contribution in [0.1, 0.15) is 11.1 Å². The van der Waals surface area contributed by atoms with E-state index in [0.717, 1.165) is 14.7 Å². The van der Waals surface area contributed by atoms with Crippen molar-refractivity contribution in [3.8, 4) is 5.75 Å². The van der Waals surface area contributed by atoms with Crippen LogP contribution in [-0.2, 0) is 4.79 Å². The maximum atomic E-state index is 11.9. The van der Waals surface area contributed by atoms with Gasteiger partial charge in [0.2, 0.25) is 0 Å². The molecule has 0 fully saturated rings. The van der Waals surface area contributed by atoms with Crippen LogP contribution in [0.4, 0.5) is 5.69 Å². The first-order valence-electron chi connectivity index (χ1n) is 6.40. The van der Waals surface area contributed by atoms with Crippen molar-refractivity contribution < 1.29 is 9.53 Å². The molecule has 5 heteroatoms. The third kappa shape index (κ3) is 4.61. The Hall–Kier alpha value is -1.27. The topological polar surface area (TPSA) is 38.3 Å². The van der Waals surface area contributed by atoms with Crippen LogP contribution in [0.25, 0.3) is 0 Å². The van der Waals surface area contributed by atoms with Crippen molar-refractivity contribution in [3.63, 3.8) is 0 Å². The molecule has 0 radical (unpaired) electrons. The number of nitrogens with one attached hydrogen (secondary N) is 1. The van der Waals surface area contributed by atoms with Gasteiger partial charge in [-0.25, -0.2) is 0 Å². The molecule has 1 amide bonds. The van der Waals surface area contributed by atoms with E-state index < -0.39 is 0 Å². The van der Waals surface area contributed by atoms with Gasteiger partial charge in [-0.1, -0.05) is 29.3 Å². The Morgan fingerprint density at radius 2 is 2.00 bits per heavy atom. The van der Waals surface area contributed by atoms with Gasteiger partial charge in [0.05, 0.1) is 10.7 Å². The average molecular weight is 416 g/mol. The van der Waals surface area contributed by atoms with Crippen molar-refractivity contribution in [2.75, 3.05) is 11.9 Å². The van der Waals surface area contributed by atoms with Crippen molar-refractivity contribution in [1.82, 2.24) is 0 Å². The zero-order valence-corrected chi connectivity index (χ0v) is 14.7. The highest BCUT2D eigenvalue weighted by molar-refractivity contribution is 14.1. The minimum atomic E-state index is -0.238. The fourth-order valence-electron chi connectivity index (χ4n) is 1.88. The standard InChI is InChI=1S/C16H15ClINO2/c1-10-3-6-15(11(2)7-10)21-9-16(20)19-14-5-4-12(18)8-13(14)17/h3-8H,9H2,1-2H3,(H,19,20). The zero-order chi connectivity index (χ0) is 15.4. The number of anilines is 1. The maximum absolute atomic E-state index is 11.9. The fraction of sp³-hybridized carbons (Fsp3) is 0.188. The Bertz CT molecular complexity index is 673. The molecule has 2 rings (SSSR count). The van der Waals surface area contributed by atoms with Crippen LogP contribution in [0.5, 0.6) is 5.75 Å². The van der Waals surface area contributed by atoms with E-state index in [-0.39, 0.29) is 12.5 Å². The van der Waals surface area contributed by atoms with Gasteiger partial charge in [0.15, 0.2) is 6.61 Å². The molecular weight excluding hydrogens is 401 g/mol. The summed E-state index contributed by atoms with van der Waals surface area (Å²) in [4.78, 5) is 11.9. The second kappa shape index (κ2) is 7.13. The van der Waals surface area contributed by atoms with Crippen molar-refractivity contribution in [2.45, 2.75) is 13.8 Å². The van der Waals surface area contributed by atoms with Crippen molar-refractivity contribution >= 4 is 45.8 Å². The van der Waals surface area contributed by atoms with Crippen LogP contribution in [0.2, 0.25) is 5.02 Å². The number of hydrogen-bond acceptors (Lipinski definition) is 2. The molecule has 0 aliphatic rings. The fourth-order valence-corrected chi connectivity index (χ4v) is 2.78. The smallest absolute Gasteiger partial charge is 0.262 e. The molecule has 0 aliphatic heterocycles. The normalized spacial score (nSPS) is 10.3. The molecule has 0 aromatic heterocycles. The molecule has 0 saturated heterocycles. The van der Waals surface area contributed by atoms with Crippen LogP contribution in [0, 0.1) is 17.4 Å². The Morgan fingerprint density at radius 3 is 2.67 bits per heavy atom. The van der Waals surface area contributed by atoms with Gasteiger partial charge >= 0.3 is 0 Å². The third-order valence-electron chi connectivity index (χ3n) is 2.89. The minimum Gasteiger partial charge on any atom is -0.483 e. The highest BCUT2D eigenvalue weighted by atomic mass is 127. The third-order valence-corrected chi connectivity index (χ3v) is 3.88. The molecule has 21 heavy (non-hydrogen) atoms. The molecule has 110 valence electrons. The summed E-state index contributed by atoms with van der Waals surface area (Å²) in [6.45, 7) is 3.92. The zero-order valence-electron chi connectivity index (χ0n) is 11.7. The number of carbonyl (C=O) groups is 1. The van der Waals surface area contributed by atoms with E-state index in [1.807, 2.05) is 38.1 Å². The molecular formula is C16H15ClINO2. The van der Waals surface area contributed by atoms with Gasteiger partial charge in [-0.2, -0.15) is 0 Å². The highest BCUT2D eigenvalue weighted by Gasteiger charge is 2.08. The van der Waals surface area contributed by atoms with E-state index >= 15 is 0 Å². The van der Waals surface area contributed by atoms with Gasteiger partial charge in [-0.05, 0) is 66.3 Å². The molecule has 0 aliphatic carbocycles. The summed E-state index contributed by atoms with van der Waals surface area (Å²) in [7, 11) is 0. The molecule has 0 atom stereocenters. The SMILES string of the molecule is Cc1ccc(OCC(=O)Nc2ccc(I)cc2Cl)c(C)c1. The Balaban J connectivity index is 1.96. The van der Waals surface area contributed by atoms with Gasteiger partial charge in [-0.3, -0.25) is 4.79 Å². The summed E-state index contributed by atoms with van der Waals surface area (Å²) in [5.74, 6) is 0.475. The lowest BCUT2D eigenvalue weighted by Crippen LogP contribution is -2.20. The van der Waals surface area contributed by atoms with E-state index in [2.05, 4.69) is 27.9 Å². The number of rotatable bonds is 4. The molecule has 1 N–H and O–H groups in total. The number of amides is 1. The predicted octanol–water partition coefficient (Wildman–Crippen LogP) is 4.58. The molecule has 0 unspecified atom stereocenters. The summed E-state index contributed by atoms with van der Waals surface area (Å²) in [5.41, 5.74) is 2.76. The van der Waals surface area contributed by atoms with Crippen molar-refractivity contribution in [1.29, 1.82) is 0 Å². The van der Waals surface area contributed by atoms with Crippen molar-refractivity contribution in [2.24, 2.45) is 0 Å². The number of hydrogen-bond donors (Lipinski definition) is 1. The maximum Gasteiger partial charge on any atom is 0.262 e. The summed E-state index contributed by atoms with van der Waals surface area (Å²) in [6, 6.07) is 11.3. The van der Waals surface area contributed by atoms with Gasteiger partial charge in [0, 0.05) is 3.57 Å². The predicted molar refractivity (Wildman–Crippen MR) is 94.2 cm³/mol. The van der Waals surface area contributed by atoms with E-state index in [9.17, 15) is 4.79 Å². The lowest BCUT2D eigenvalue weighted by Gasteiger charge is -2.11. The van der Waals surface area contributed by atoms with Gasteiger partial charge in [0.1, 0.15) is 5.75 Å². The largest absolute Gasteiger partial charge is 0.483 e. The molecule has 0 heterocycles. The van der Waals surface area contributed by atoms with Crippen LogP contribution < -0.4 is 10.1 Å². The van der Waals surface area contributed by atoms with E-state index in [1.165, 1.54) is 0 Å². The second-order valence-electron chi connectivity index (χ2n) is 4.73. The average Bonchev–Trinajstić information content (AvgIpc) is 2.41. The van der Waals surface area contributed by atoms with Gasteiger partial charge < -0.3 is 10.1 Å². The quantitative estimate of drug-likeness (QED) is 0.743. The number of ether oxygens (including phenoxy) is 1. The van der Waals surface area contributed by atoms with Crippen LogP contribution >= 0.6 is 34.2 Å². The number of halogens is 2. The number of aryl methyl sites for hydroxylation is 2. The molecule has 2 aromatic rings. The lowest BCUT2D eigenvalue weighted by atomic mass is 10.1. The first-order valence-corrected chi connectivity index (χ1v) is 7.86. The van der Waals surface area contributed by atoms with Crippen LogP contribution in [0.3, 0.4) is 0 Å². The van der Waals surface area contributed by atoms with Crippen LogP contribution in [-0.4, -0.2) is 12.5 Å². The molecule has 0 saturated carbocycles. The minimum absolute atomic E-state index is 0.0494. The Morgan fingerprint density at radius 1 is 1.24 bits per heavy atom. The molecule has 0 bridgehead atoms. The lowest BCUT2D eigenvalue weighted by molar-refractivity contribution is -0.118. The monoisotopic (exact) mass is 415 g/mol. The van der Waals surface area contributed by atoms with Gasteiger partial charge in [-0.15, -0.1) is 0 Å². The first kappa shape index (κ1) is 16.1. The Labute approximate surface area is 142 Å². The molecule has 3 nitrogen and oxygen atoms in total. The van der Waals surface area contributed by atoms with Gasteiger partial charge in [0.25, 0.3) is 5.91 Å². The number of benzene rings is 2. The first-order chi connectivity index (χ1) is 9.95. The number of carbonyl (C=O) groups excluding carboxylic acids is 1. The van der Waals surface area contributed by atoms with Crippen molar-refractivity contribution in [3.05, 3.63) is 56.1 Å². The Kier molecular flexibility index (Phi) is 5.47. The molecule has 2 aromatic carbocycles. The highest BCUT2D eigenvalue weighted by Crippen LogP contribution is 2.24. The van der Waals surface area contributed by atoms with Crippen LogP contribution in [0.15, 0.2) is 36.4 Å². The van der Waals surface area contributed by atoms with E-state index in [0.29, 0.717) is 16.5 Å². The second-order valence-corrected chi connectivity index (χ2v) is 6.38. The van der Waals surface area contributed by atoms with E-state index in [4.69, 9.17) is 16.3 Å². The summed E-state index contributed by atoms with van der Waals surface area (Å²) in [5, 5.41) is 3.25. The summed E-state index contributed by atoms with van der Waals surface area (Å²) >= 11 is 8.24. The summed E-state index contributed by atoms with van der Waals surface area (Å²) < 4.78 is 6.55.